The average Bonchev–Trinajstić information content (AvgIpc) is 3.22. The van der Waals surface area contributed by atoms with Crippen molar-refractivity contribution in [2.75, 3.05) is 6.61 Å². The third-order valence-electron chi connectivity index (χ3n) is 8.39. The zero-order valence-corrected chi connectivity index (χ0v) is 20.5. The second-order valence-electron chi connectivity index (χ2n) is 10.5. The van der Waals surface area contributed by atoms with Crippen molar-refractivity contribution < 1.29 is 23.1 Å². The fourth-order valence-corrected chi connectivity index (χ4v) is 6.63. The maximum atomic E-state index is 14.1. The Kier molecular flexibility index (Phi) is 6.27. The summed E-state index contributed by atoms with van der Waals surface area (Å²) in [4.78, 5) is 28.3. The number of amides is 1. The molecular formula is C31H29F2NO3. The molecule has 0 spiro atoms. The summed E-state index contributed by atoms with van der Waals surface area (Å²) in [7, 11) is 0. The summed E-state index contributed by atoms with van der Waals surface area (Å²) in [6.45, 7) is 0.262. The van der Waals surface area contributed by atoms with Crippen LogP contribution in [0.4, 0.5) is 13.6 Å². The summed E-state index contributed by atoms with van der Waals surface area (Å²) in [6.07, 6.45) is 3.03. The molecule has 3 aliphatic rings. The SMILES string of the molecule is O=C(Cc1c(F)cccc1F)C1CC2CCCC(C1)N2C(=O)OCC1c2ccccc2-c2ccccc21. The molecule has 2 aliphatic heterocycles. The van der Waals surface area contributed by atoms with Gasteiger partial charge in [0, 0.05) is 35.9 Å². The van der Waals surface area contributed by atoms with Crippen molar-refractivity contribution in [1.29, 1.82) is 0 Å². The van der Waals surface area contributed by atoms with Crippen molar-refractivity contribution in [2.45, 2.75) is 56.5 Å². The molecule has 0 saturated carbocycles. The van der Waals surface area contributed by atoms with E-state index < -0.39 is 11.6 Å². The van der Waals surface area contributed by atoms with Gasteiger partial charge in [0.05, 0.1) is 0 Å². The number of rotatable bonds is 5. The molecule has 0 radical (unpaired) electrons. The Bertz CT molecular complexity index is 1280. The molecule has 0 N–H and O–H groups in total. The van der Waals surface area contributed by atoms with Crippen LogP contribution < -0.4 is 0 Å². The van der Waals surface area contributed by atoms with Gasteiger partial charge in [0.25, 0.3) is 0 Å². The topological polar surface area (TPSA) is 46.6 Å². The lowest BCUT2D eigenvalue weighted by atomic mass is 9.76. The largest absolute Gasteiger partial charge is 0.448 e. The fourth-order valence-electron chi connectivity index (χ4n) is 6.63. The molecule has 2 bridgehead atoms. The number of Topliss-reactive ketones (excluding diaryl/α,β-unsaturated/α-hetero) is 1. The van der Waals surface area contributed by atoms with Gasteiger partial charge >= 0.3 is 6.09 Å². The second-order valence-corrected chi connectivity index (χ2v) is 10.5. The van der Waals surface area contributed by atoms with Gasteiger partial charge in [0.15, 0.2) is 0 Å². The molecule has 3 aromatic carbocycles. The summed E-state index contributed by atoms with van der Waals surface area (Å²) in [6, 6.07) is 20.0. The quantitative estimate of drug-likeness (QED) is 0.393. The highest BCUT2D eigenvalue weighted by molar-refractivity contribution is 5.84. The van der Waals surface area contributed by atoms with Crippen molar-refractivity contribution in [3.05, 3.63) is 95.1 Å². The minimum atomic E-state index is -0.690. The minimum absolute atomic E-state index is 0.00836. The van der Waals surface area contributed by atoms with E-state index in [-0.39, 0.29) is 54.4 Å². The molecule has 37 heavy (non-hydrogen) atoms. The Labute approximate surface area is 215 Å². The summed E-state index contributed by atoms with van der Waals surface area (Å²) < 4.78 is 34.2. The first-order valence-electron chi connectivity index (χ1n) is 13.1. The number of carbonyl (C=O) groups excluding carboxylic acids is 2. The number of piperidine rings is 2. The summed E-state index contributed by atoms with van der Waals surface area (Å²) in [5, 5.41) is 0. The number of ketones is 1. The third-order valence-corrected chi connectivity index (χ3v) is 8.39. The molecule has 2 unspecified atom stereocenters. The number of benzene rings is 3. The molecule has 1 amide bonds. The zero-order chi connectivity index (χ0) is 25.5. The van der Waals surface area contributed by atoms with Crippen LogP contribution in [0.3, 0.4) is 0 Å². The highest BCUT2D eigenvalue weighted by Gasteiger charge is 2.44. The number of carbonyl (C=O) groups is 2. The predicted molar refractivity (Wildman–Crippen MR) is 136 cm³/mol. The molecule has 1 aliphatic carbocycles. The smallest absolute Gasteiger partial charge is 0.410 e. The normalized spacial score (nSPS) is 22.3. The Morgan fingerprint density at radius 3 is 1.97 bits per heavy atom. The molecular weight excluding hydrogens is 472 g/mol. The summed E-state index contributed by atoms with van der Waals surface area (Å²) in [5.41, 5.74) is 4.53. The van der Waals surface area contributed by atoms with Crippen LogP contribution >= 0.6 is 0 Å². The molecule has 4 nitrogen and oxygen atoms in total. The van der Waals surface area contributed by atoms with E-state index in [1.54, 1.807) is 0 Å². The maximum absolute atomic E-state index is 14.1. The lowest BCUT2D eigenvalue weighted by molar-refractivity contribution is -0.126. The van der Waals surface area contributed by atoms with Crippen molar-refractivity contribution in [1.82, 2.24) is 4.90 Å². The first-order chi connectivity index (χ1) is 18.0. The molecule has 6 rings (SSSR count). The number of fused-ring (bicyclic) bond motifs is 5. The predicted octanol–water partition coefficient (Wildman–Crippen LogP) is 6.66. The number of ether oxygens (including phenoxy) is 1. The van der Waals surface area contributed by atoms with E-state index in [2.05, 4.69) is 24.3 Å². The molecule has 6 heteroatoms. The number of hydrogen-bond acceptors (Lipinski definition) is 3. The van der Waals surface area contributed by atoms with Crippen LogP contribution in [0, 0.1) is 17.6 Å². The van der Waals surface area contributed by atoms with E-state index in [9.17, 15) is 18.4 Å². The van der Waals surface area contributed by atoms with E-state index in [0.29, 0.717) is 12.8 Å². The molecule has 2 saturated heterocycles. The Hall–Kier alpha value is -3.54. The van der Waals surface area contributed by atoms with Gasteiger partial charge in [-0.3, -0.25) is 4.79 Å². The van der Waals surface area contributed by atoms with Gasteiger partial charge in [0.2, 0.25) is 0 Å². The first-order valence-corrected chi connectivity index (χ1v) is 13.1. The lowest BCUT2D eigenvalue weighted by Crippen LogP contribution is -2.56. The van der Waals surface area contributed by atoms with E-state index >= 15 is 0 Å². The Balaban J connectivity index is 1.14. The van der Waals surface area contributed by atoms with Gasteiger partial charge in [0.1, 0.15) is 24.0 Å². The Morgan fingerprint density at radius 2 is 1.38 bits per heavy atom. The van der Waals surface area contributed by atoms with Crippen LogP contribution in [0.2, 0.25) is 0 Å². The molecule has 2 heterocycles. The minimum Gasteiger partial charge on any atom is -0.448 e. The van der Waals surface area contributed by atoms with Crippen LogP contribution in [0.15, 0.2) is 66.7 Å². The molecule has 2 fully saturated rings. The van der Waals surface area contributed by atoms with Crippen LogP contribution in [0.5, 0.6) is 0 Å². The van der Waals surface area contributed by atoms with Gasteiger partial charge in [-0.15, -0.1) is 0 Å². The van der Waals surface area contributed by atoms with E-state index in [1.165, 1.54) is 40.5 Å². The molecule has 0 aromatic heterocycles. The van der Waals surface area contributed by atoms with Crippen LogP contribution in [0.1, 0.15) is 54.7 Å². The second kappa shape index (κ2) is 9.73. The van der Waals surface area contributed by atoms with E-state index in [0.717, 1.165) is 19.3 Å². The number of hydrogen-bond donors (Lipinski definition) is 0. The summed E-state index contributed by atoms with van der Waals surface area (Å²) in [5.74, 6) is -1.86. The molecule has 190 valence electrons. The highest BCUT2D eigenvalue weighted by Crippen LogP contribution is 2.45. The molecule has 2 atom stereocenters. The molecule has 3 aromatic rings. The van der Waals surface area contributed by atoms with Gasteiger partial charge in [-0.05, 0) is 66.5 Å². The average molecular weight is 502 g/mol. The lowest BCUT2D eigenvalue weighted by Gasteiger charge is -2.47. The van der Waals surface area contributed by atoms with Gasteiger partial charge < -0.3 is 9.64 Å². The highest BCUT2D eigenvalue weighted by atomic mass is 19.1. The number of halogens is 2. The van der Waals surface area contributed by atoms with Crippen molar-refractivity contribution >= 4 is 11.9 Å². The first kappa shape index (κ1) is 23.8. The van der Waals surface area contributed by atoms with E-state index in [4.69, 9.17) is 4.74 Å². The van der Waals surface area contributed by atoms with Crippen molar-refractivity contribution in [3.63, 3.8) is 0 Å². The summed E-state index contributed by atoms with van der Waals surface area (Å²) >= 11 is 0. The van der Waals surface area contributed by atoms with Crippen LogP contribution in [0.25, 0.3) is 11.1 Å². The van der Waals surface area contributed by atoms with E-state index in [1.807, 2.05) is 29.2 Å². The van der Waals surface area contributed by atoms with Crippen molar-refractivity contribution in [2.24, 2.45) is 5.92 Å². The van der Waals surface area contributed by atoms with Gasteiger partial charge in [-0.2, -0.15) is 0 Å². The Morgan fingerprint density at radius 1 is 0.811 bits per heavy atom. The fraction of sp³-hybridized carbons (Fsp3) is 0.355. The van der Waals surface area contributed by atoms with Crippen molar-refractivity contribution in [3.8, 4) is 11.1 Å². The monoisotopic (exact) mass is 501 g/mol. The van der Waals surface area contributed by atoms with Crippen LogP contribution in [-0.4, -0.2) is 35.5 Å². The van der Waals surface area contributed by atoms with Gasteiger partial charge in [-0.25, -0.2) is 13.6 Å². The zero-order valence-electron chi connectivity index (χ0n) is 20.5. The standard InChI is InChI=1S/C31H29F2NO3/c32-28-13-6-14-29(33)26(28)17-30(35)19-15-20-7-5-8-21(16-19)34(20)31(36)37-18-27-24-11-3-1-9-22(24)23-10-2-4-12-25(23)27/h1-4,6,9-14,19-21,27H,5,7-8,15-18H2. The van der Waals surface area contributed by atoms with Gasteiger partial charge in [-0.1, -0.05) is 54.6 Å². The third kappa shape index (κ3) is 4.32. The van der Waals surface area contributed by atoms with Crippen LogP contribution in [-0.2, 0) is 16.0 Å². The maximum Gasteiger partial charge on any atom is 0.410 e. The number of nitrogens with zero attached hydrogens (tertiary/aromatic N) is 1.